The van der Waals surface area contributed by atoms with E-state index in [1.807, 2.05) is 17.4 Å². The zero-order chi connectivity index (χ0) is 18.9. The van der Waals surface area contributed by atoms with Crippen molar-refractivity contribution in [2.24, 2.45) is 0 Å². The Morgan fingerprint density at radius 1 is 1.14 bits per heavy atom. The molecule has 4 nitrogen and oxygen atoms in total. The zero-order valence-electron chi connectivity index (χ0n) is 15.8. The summed E-state index contributed by atoms with van der Waals surface area (Å²) in [6.45, 7) is 3.47. The molecule has 0 radical (unpaired) electrons. The van der Waals surface area contributed by atoms with Crippen molar-refractivity contribution in [3.8, 4) is 5.75 Å². The van der Waals surface area contributed by atoms with Gasteiger partial charge in [-0.25, -0.2) is 0 Å². The number of carbonyl (C=O) groups is 1. The number of benzene rings is 2. The van der Waals surface area contributed by atoms with Gasteiger partial charge in [0.2, 0.25) is 0 Å². The Morgan fingerprint density at radius 3 is 2.93 bits per heavy atom. The summed E-state index contributed by atoms with van der Waals surface area (Å²) in [5, 5.41) is 6.55. The Hall–Kier alpha value is -2.37. The third-order valence-corrected chi connectivity index (χ3v) is 6.83. The molecule has 1 saturated heterocycles. The minimum Gasteiger partial charge on any atom is -0.482 e. The molecule has 2 aliphatic heterocycles. The number of piperidine rings is 1. The summed E-state index contributed by atoms with van der Waals surface area (Å²) >= 11 is 1.84. The molecule has 1 aromatic heterocycles. The molecule has 0 aliphatic carbocycles. The molecule has 3 aromatic rings. The first-order valence-corrected chi connectivity index (χ1v) is 10.9. The average molecular weight is 393 g/mol. The first-order chi connectivity index (χ1) is 13.8. The van der Waals surface area contributed by atoms with Crippen molar-refractivity contribution in [1.82, 2.24) is 4.90 Å². The van der Waals surface area contributed by atoms with Crippen LogP contribution in [0.4, 0.5) is 5.69 Å². The number of likely N-dealkylation sites (tertiary alicyclic amines) is 1. The van der Waals surface area contributed by atoms with E-state index in [4.69, 9.17) is 4.74 Å². The number of nitrogens with one attached hydrogen (secondary N) is 1. The van der Waals surface area contributed by atoms with Crippen molar-refractivity contribution in [3.05, 3.63) is 59.0 Å². The lowest BCUT2D eigenvalue weighted by molar-refractivity contribution is -0.118. The van der Waals surface area contributed by atoms with Crippen LogP contribution >= 0.6 is 11.3 Å². The number of thiophene rings is 1. The highest BCUT2D eigenvalue weighted by Crippen LogP contribution is 2.35. The van der Waals surface area contributed by atoms with Crippen molar-refractivity contribution in [2.75, 3.05) is 31.6 Å². The lowest BCUT2D eigenvalue weighted by atomic mass is 9.87. The molecule has 1 amide bonds. The third-order valence-electron chi connectivity index (χ3n) is 5.95. The van der Waals surface area contributed by atoms with E-state index in [-0.39, 0.29) is 12.5 Å². The summed E-state index contributed by atoms with van der Waals surface area (Å²) in [6.07, 6.45) is 3.44. The summed E-state index contributed by atoms with van der Waals surface area (Å²) in [5.41, 5.74) is 3.58. The van der Waals surface area contributed by atoms with Gasteiger partial charge in [-0.1, -0.05) is 18.2 Å². The molecule has 1 fully saturated rings. The van der Waals surface area contributed by atoms with Crippen molar-refractivity contribution >= 4 is 33.0 Å². The van der Waals surface area contributed by atoms with Gasteiger partial charge in [-0.3, -0.25) is 4.79 Å². The predicted molar refractivity (Wildman–Crippen MR) is 115 cm³/mol. The largest absolute Gasteiger partial charge is 0.482 e. The highest BCUT2D eigenvalue weighted by Gasteiger charge is 2.22. The molecule has 0 bridgehead atoms. The fraction of sp³-hybridized carbons (Fsp3) is 0.348. The van der Waals surface area contributed by atoms with Gasteiger partial charge >= 0.3 is 0 Å². The SMILES string of the molecule is O=C1COc2ccc(CCN3CCC(c4cccc5sccc45)CC3)cc2N1. The molecular formula is C23H24N2O2S. The first-order valence-electron chi connectivity index (χ1n) is 10.0. The van der Waals surface area contributed by atoms with Gasteiger partial charge in [0.05, 0.1) is 5.69 Å². The van der Waals surface area contributed by atoms with Crippen LogP contribution in [0.5, 0.6) is 5.75 Å². The topological polar surface area (TPSA) is 41.6 Å². The molecule has 0 atom stereocenters. The van der Waals surface area contributed by atoms with E-state index in [0.717, 1.165) is 37.5 Å². The summed E-state index contributed by atoms with van der Waals surface area (Å²) in [6, 6.07) is 15.2. The van der Waals surface area contributed by atoms with Gasteiger partial charge in [-0.2, -0.15) is 0 Å². The van der Waals surface area contributed by atoms with E-state index in [1.54, 1.807) is 0 Å². The Labute approximate surface area is 169 Å². The smallest absolute Gasteiger partial charge is 0.262 e. The number of rotatable bonds is 4. The highest BCUT2D eigenvalue weighted by molar-refractivity contribution is 7.17. The predicted octanol–water partition coefficient (Wildman–Crippen LogP) is 4.65. The van der Waals surface area contributed by atoms with Crippen LogP contribution in [0.3, 0.4) is 0 Å². The molecule has 5 rings (SSSR count). The monoisotopic (exact) mass is 392 g/mol. The Balaban J connectivity index is 1.19. The van der Waals surface area contributed by atoms with E-state index < -0.39 is 0 Å². The van der Waals surface area contributed by atoms with Gasteiger partial charge in [-0.15, -0.1) is 11.3 Å². The van der Waals surface area contributed by atoms with Crippen molar-refractivity contribution in [1.29, 1.82) is 0 Å². The van der Waals surface area contributed by atoms with Crippen LogP contribution in [0.25, 0.3) is 10.1 Å². The number of nitrogens with zero attached hydrogens (tertiary/aromatic N) is 1. The van der Waals surface area contributed by atoms with Gasteiger partial charge in [-0.05, 0) is 84.4 Å². The summed E-state index contributed by atoms with van der Waals surface area (Å²) in [4.78, 5) is 14.1. The van der Waals surface area contributed by atoms with E-state index in [2.05, 4.69) is 52.0 Å². The van der Waals surface area contributed by atoms with Crippen LogP contribution in [0.2, 0.25) is 0 Å². The average Bonchev–Trinajstić information content (AvgIpc) is 3.21. The molecule has 2 aromatic carbocycles. The van der Waals surface area contributed by atoms with Crippen molar-refractivity contribution in [2.45, 2.75) is 25.2 Å². The maximum absolute atomic E-state index is 11.5. The van der Waals surface area contributed by atoms with Crippen molar-refractivity contribution in [3.63, 3.8) is 0 Å². The lowest BCUT2D eigenvalue weighted by Crippen LogP contribution is -2.34. The van der Waals surface area contributed by atoms with E-state index in [1.165, 1.54) is 34.1 Å². The molecule has 0 unspecified atom stereocenters. The Kier molecular flexibility index (Phi) is 4.79. The van der Waals surface area contributed by atoms with Gasteiger partial charge in [0, 0.05) is 11.2 Å². The molecule has 0 spiro atoms. The quantitative estimate of drug-likeness (QED) is 0.702. The van der Waals surface area contributed by atoms with Crippen LogP contribution in [0.1, 0.15) is 29.9 Å². The second-order valence-corrected chi connectivity index (χ2v) is 8.66. The van der Waals surface area contributed by atoms with Gasteiger partial charge in [0.25, 0.3) is 5.91 Å². The van der Waals surface area contributed by atoms with Gasteiger partial charge < -0.3 is 15.0 Å². The second kappa shape index (κ2) is 7.57. The summed E-state index contributed by atoms with van der Waals surface area (Å²) in [5.74, 6) is 1.37. The summed E-state index contributed by atoms with van der Waals surface area (Å²) < 4.78 is 6.85. The van der Waals surface area contributed by atoms with Crippen LogP contribution in [0.15, 0.2) is 47.8 Å². The number of amides is 1. The fourth-order valence-electron chi connectivity index (χ4n) is 4.41. The molecule has 3 heterocycles. The molecule has 2 aliphatic rings. The van der Waals surface area contributed by atoms with Gasteiger partial charge in [0.15, 0.2) is 6.61 Å². The fourth-order valence-corrected chi connectivity index (χ4v) is 5.23. The van der Waals surface area contributed by atoms with E-state index in [9.17, 15) is 4.79 Å². The number of carbonyl (C=O) groups excluding carboxylic acids is 1. The molecule has 28 heavy (non-hydrogen) atoms. The maximum Gasteiger partial charge on any atom is 0.262 e. The Bertz CT molecular complexity index is 1000. The number of fused-ring (bicyclic) bond motifs is 2. The van der Waals surface area contributed by atoms with E-state index >= 15 is 0 Å². The minimum absolute atomic E-state index is 0.0765. The summed E-state index contributed by atoms with van der Waals surface area (Å²) in [7, 11) is 0. The molecule has 144 valence electrons. The van der Waals surface area contributed by atoms with Crippen LogP contribution in [-0.4, -0.2) is 37.0 Å². The Morgan fingerprint density at radius 2 is 2.04 bits per heavy atom. The minimum atomic E-state index is -0.0765. The number of hydrogen-bond donors (Lipinski definition) is 1. The molecule has 1 N–H and O–H groups in total. The number of anilines is 1. The highest BCUT2D eigenvalue weighted by atomic mass is 32.1. The first kappa shape index (κ1) is 17.7. The molecule has 0 saturated carbocycles. The second-order valence-electron chi connectivity index (χ2n) is 7.71. The lowest BCUT2D eigenvalue weighted by Gasteiger charge is -2.32. The standard InChI is InChI=1S/C23H24N2O2S/c26-23-15-27-21-5-4-16(14-20(21)24-23)6-10-25-11-7-17(8-12-25)18-2-1-3-22-19(18)9-13-28-22/h1-5,9,13-14,17H,6-8,10-12,15H2,(H,24,26). The number of hydrogen-bond acceptors (Lipinski definition) is 4. The third kappa shape index (κ3) is 3.52. The maximum atomic E-state index is 11.5. The van der Waals surface area contributed by atoms with Crippen LogP contribution < -0.4 is 10.1 Å². The zero-order valence-corrected chi connectivity index (χ0v) is 16.6. The van der Waals surface area contributed by atoms with Crippen LogP contribution in [-0.2, 0) is 11.2 Å². The van der Waals surface area contributed by atoms with Gasteiger partial charge in [0.1, 0.15) is 5.75 Å². The van der Waals surface area contributed by atoms with Crippen LogP contribution in [0, 0.1) is 0 Å². The van der Waals surface area contributed by atoms with E-state index in [0.29, 0.717) is 5.92 Å². The van der Waals surface area contributed by atoms with Crippen molar-refractivity contribution < 1.29 is 9.53 Å². The molecular weight excluding hydrogens is 368 g/mol. The molecule has 5 heteroatoms. The number of ether oxygens (including phenoxy) is 1. The normalized spacial score (nSPS) is 17.9.